The van der Waals surface area contributed by atoms with Crippen molar-refractivity contribution in [3.05, 3.63) is 12.3 Å². The van der Waals surface area contributed by atoms with Crippen molar-refractivity contribution in [1.29, 1.82) is 0 Å². The van der Waals surface area contributed by atoms with Crippen LogP contribution in [0.5, 0.6) is 0 Å². The molecule has 1 unspecified atom stereocenters. The lowest BCUT2D eigenvalue weighted by Gasteiger charge is -2.06. The summed E-state index contributed by atoms with van der Waals surface area (Å²) >= 11 is 0. The van der Waals surface area contributed by atoms with Crippen molar-refractivity contribution in [2.45, 2.75) is 6.92 Å². The van der Waals surface area contributed by atoms with Crippen LogP contribution in [0, 0.1) is 5.92 Å². The highest BCUT2D eigenvalue weighted by Gasteiger charge is 2.11. The number of anilines is 1. The molecular formula is C7H11N3O2. The average Bonchev–Trinajstić information content (AvgIpc) is 2.55. The molecule has 1 aromatic rings. The fourth-order valence-electron chi connectivity index (χ4n) is 0.633. The molecule has 1 atom stereocenters. The Bertz CT molecular complexity index is 245. The summed E-state index contributed by atoms with van der Waals surface area (Å²) in [5.41, 5.74) is 5.30. The highest BCUT2D eigenvalue weighted by Crippen LogP contribution is 2.03. The lowest BCUT2D eigenvalue weighted by atomic mass is 10.2. The van der Waals surface area contributed by atoms with Crippen molar-refractivity contribution in [3.8, 4) is 0 Å². The van der Waals surface area contributed by atoms with Gasteiger partial charge in [0.2, 0.25) is 5.91 Å². The summed E-state index contributed by atoms with van der Waals surface area (Å²) in [4.78, 5) is 11.2. The number of hydrogen-bond acceptors (Lipinski definition) is 4. The molecule has 5 nitrogen and oxygen atoms in total. The van der Waals surface area contributed by atoms with E-state index in [9.17, 15) is 4.79 Å². The van der Waals surface area contributed by atoms with Gasteiger partial charge in [0.15, 0.2) is 5.82 Å². The van der Waals surface area contributed by atoms with E-state index in [1.807, 2.05) is 0 Å². The predicted octanol–water partition coefficient (Wildman–Crippen LogP) is 0.208. The Balaban J connectivity index is 2.47. The highest BCUT2D eigenvalue weighted by molar-refractivity contribution is 5.91. The largest absolute Gasteiger partial charge is 0.363 e. The molecule has 1 aromatic heterocycles. The number of aromatic nitrogens is 1. The minimum absolute atomic E-state index is 0.147. The first-order valence-corrected chi connectivity index (χ1v) is 3.65. The molecule has 0 radical (unpaired) electrons. The van der Waals surface area contributed by atoms with Crippen molar-refractivity contribution in [2.24, 2.45) is 11.7 Å². The molecule has 0 aromatic carbocycles. The van der Waals surface area contributed by atoms with Crippen molar-refractivity contribution in [1.82, 2.24) is 5.16 Å². The van der Waals surface area contributed by atoms with Crippen LogP contribution in [-0.4, -0.2) is 17.6 Å². The fourth-order valence-corrected chi connectivity index (χ4v) is 0.633. The zero-order valence-electron chi connectivity index (χ0n) is 6.78. The molecule has 0 aliphatic heterocycles. The van der Waals surface area contributed by atoms with Gasteiger partial charge in [0.05, 0.1) is 0 Å². The number of carbonyl (C=O) groups is 1. The third-order valence-electron chi connectivity index (χ3n) is 1.49. The third kappa shape index (κ3) is 2.06. The van der Waals surface area contributed by atoms with Crippen LogP contribution in [-0.2, 0) is 4.79 Å². The topological polar surface area (TPSA) is 81.2 Å². The summed E-state index contributed by atoms with van der Waals surface area (Å²) in [6.07, 6.45) is 1.39. The van der Waals surface area contributed by atoms with E-state index in [2.05, 4.69) is 15.0 Å². The molecule has 0 bridgehead atoms. The van der Waals surface area contributed by atoms with E-state index in [4.69, 9.17) is 5.73 Å². The number of amides is 1. The minimum Gasteiger partial charge on any atom is -0.363 e. The van der Waals surface area contributed by atoms with E-state index in [1.165, 1.54) is 6.26 Å². The normalized spacial score (nSPS) is 12.5. The number of rotatable bonds is 3. The van der Waals surface area contributed by atoms with E-state index in [1.54, 1.807) is 13.0 Å². The van der Waals surface area contributed by atoms with Gasteiger partial charge in [0, 0.05) is 18.5 Å². The van der Waals surface area contributed by atoms with Gasteiger partial charge in [-0.15, -0.1) is 0 Å². The maximum atomic E-state index is 11.2. The number of nitrogens with zero attached hydrogens (tertiary/aromatic N) is 1. The van der Waals surface area contributed by atoms with E-state index < -0.39 is 0 Å². The summed E-state index contributed by atoms with van der Waals surface area (Å²) in [5.74, 6) is 0.0633. The SMILES string of the molecule is CC(CN)C(=O)Nc1ccon1. The van der Waals surface area contributed by atoms with E-state index >= 15 is 0 Å². The van der Waals surface area contributed by atoms with Gasteiger partial charge in [0.1, 0.15) is 6.26 Å². The van der Waals surface area contributed by atoms with Gasteiger partial charge >= 0.3 is 0 Å². The summed E-state index contributed by atoms with van der Waals surface area (Å²) < 4.78 is 4.53. The molecule has 0 spiro atoms. The van der Waals surface area contributed by atoms with Crippen LogP contribution in [0.4, 0.5) is 5.82 Å². The van der Waals surface area contributed by atoms with Crippen LogP contribution in [0.3, 0.4) is 0 Å². The summed E-state index contributed by atoms with van der Waals surface area (Å²) in [6, 6.07) is 1.57. The van der Waals surface area contributed by atoms with E-state index in [0.29, 0.717) is 12.4 Å². The average molecular weight is 169 g/mol. The maximum Gasteiger partial charge on any atom is 0.229 e. The standard InChI is InChI=1S/C7H11N3O2/c1-5(4-8)7(11)9-6-2-3-12-10-6/h2-3,5H,4,8H2,1H3,(H,9,10,11). The first-order chi connectivity index (χ1) is 5.74. The zero-order valence-corrected chi connectivity index (χ0v) is 6.78. The van der Waals surface area contributed by atoms with Crippen LogP contribution < -0.4 is 11.1 Å². The molecule has 0 fully saturated rings. The van der Waals surface area contributed by atoms with Crippen LogP contribution in [0.15, 0.2) is 16.9 Å². The molecule has 66 valence electrons. The lowest BCUT2D eigenvalue weighted by molar-refractivity contribution is -0.119. The van der Waals surface area contributed by atoms with Gasteiger partial charge in [0.25, 0.3) is 0 Å². The summed E-state index contributed by atoms with van der Waals surface area (Å²) in [5, 5.41) is 6.07. The first-order valence-electron chi connectivity index (χ1n) is 3.65. The number of carbonyl (C=O) groups excluding carboxylic acids is 1. The Hall–Kier alpha value is -1.36. The van der Waals surface area contributed by atoms with Gasteiger partial charge in [-0.05, 0) is 0 Å². The Morgan fingerprint density at radius 2 is 2.67 bits per heavy atom. The molecule has 1 amide bonds. The fraction of sp³-hybridized carbons (Fsp3) is 0.429. The van der Waals surface area contributed by atoms with Gasteiger partial charge < -0.3 is 15.6 Å². The first kappa shape index (κ1) is 8.73. The molecule has 1 heterocycles. The number of nitrogens with two attached hydrogens (primary N) is 1. The molecule has 12 heavy (non-hydrogen) atoms. The third-order valence-corrected chi connectivity index (χ3v) is 1.49. The second-order valence-corrected chi connectivity index (χ2v) is 2.51. The summed E-state index contributed by atoms with van der Waals surface area (Å²) in [6.45, 7) is 2.07. The Morgan fingerprint density at radius 3 is 3.17 bits per heavy atom. The highest BCUT2D eigenvalue weighted by atomic mass is 16.5. The number of nitrogens with one attached hydrogen (secondary N) is 1. The molecule has 0 saturated carbocycles. The molecule has 1 rings (SSSR count). The van der Waals surface area contributed by atoms with Crippen molar-refractivity contribution in [2.75, 3.05) is 11.9 Å². The molecule has 0 aliphatic rings. The van der Waals surface area contributed by atoms with Crippen LogP contribution >= 0.6 is 0 Å². The van der Waals surface area contributed by atoms with Crippen LogP contribution in [0.25, 0.3) is 0 Å². The molecule has 0 saturated heterocycles. The van der Waals surface area contributed by atoms with Gasteiger partial charge in [-0.1, -0.05) is 12.1 Å². The monoisotopic (exact) mass is 169 g/mol. The minimum atomic E-state index is -0.207. The second kappa shape index (κ2) is 3.87. The van der Waals surface area contributed by atoms with Crippen molar-refractivity contribution < 1.29 is 9.32 Å². The van der Waals surface area contributed by atoms with Gasteiger partial charge in [-0.2, -0.15) is 0 Å². The Labute approximate surface area is 69.9 Å². The second-order valence-electron chi connectivity index (χ2n) is 2.51. The quantitative estimate of drug-likeness (QED) is 0.677. The lowest BCUT2D eigenvalue weighted by Crippen LogP contribution is -2.26. The molecule has 0 aliphatic carbocycles. The van der Waals surface area contributed by atoms with Gasteiger partial charge in [-0.3, -0.25) is 4.79 Å². The number of hydrogen-bond donors (Lipinski definition) is 2. The predicted molar refractivity (Wildman–Crippen MR) is 43.4 cm³/mol. The van der Waals surface area contributed by atoms with E-state index in [-0.39, 0.29) is 11.8 Å². The zero-order chi connectivity index (χ0) is 8.97. The van der Waals surface area contributed by atoms with Crippen LogP contribution in [0.2, 0.25) is 0 Å². The van der Waals surface area contributed by atoms with Gasteiger partial charge in [-0.25, -0.2) is 0 Å². The molecule has 5 heteroatoms. The molecule has 3 N–H and O–H groups in total. The Kier molecular flexibility index (Phi) is 2.82. The molecular weight excluding hydrogens is 158 g/mol. The Morgan fingerprint density at radius 1 is 1.92 bits per heavy atom. The van der Waals surface area contributed by atoms with Crippen molar-refractivity contribution >= 4 is 11.7 Å². The van der Waals surface area contributed by atoms with Crippen LogP contribution in [0.1, 0.15) is 6.92 Å². The van der Waals surface area contributed by atoms with Crippen molar-refractivity contribution in [3.63, 3.8) is 0 Å². The summed E-state index contributed by atoms with van der Waals surface area (Å²) in [7, 11) is 0. The van der Waals surface area contributed by atoms with E-state index in [0.717, 1.165) is 0 Å². The smallest absolute Gasteiger partial charge is 0.229 e. The maximum absolute atomic E-state index is 11.2.